The van der Waals surface area contributed by atoms with E-state index in [0.717, 1.165) is 36.5 Å². The first-order valence-corrected chi connectivity index (χ1v) is 9.38. The summed E-state index contributed by atoms with van der Waals surface area (Å²) in [5.41, 5.74) is 1.88. The highest BCUT2D eigenvalue weighted by Crippen LogP contribution is 2.39. The number of hydrogen-bond acceptors (Lipinski definition) is 4. The van der Waals surface area contributed by atoms with E-state index in [2.05, 4.69) is 34.3 Å². The van der Waals surface area contributed by atoms with Gasteiger partial charge in [0.25, 0.3) is 5.91 Å². The maximum Gasteiger partial charge on any atom is 0.296 e. The number of carbonyl (C=O) groups is 1. The van der Waals surface area contributed by atoms with E-state index in [-0.39, 0.29) is 11.7 Å². The summed E-state index contributed by atoms with van der Waals surface area (Å²) in [6, 6.07) is 11.7. The molecule has 0 atom stereocenters. The number of aromatic nitrogens is 5. The van der Waals surface area contributed by atoms with Crippen LogP contribution in [0.25, 0.3) is 5.69 Å². The van der Waals surface area contributed by atoms with Gasteiger partial charge < -0.3 is 5.32 Å². The van der Waals surface area contributed by atoms with E-state index in [1.54, 1.807) is 9.36 Å². The maximum absolute atomic E-state index is 12.7. The Bertz CT molecular complexity index is 952. The Kier molecular flexibility index (Phi) is 4.51. The van der Waals surface area contributed by atoms with Crippen molar-refractivity contribution in [2.75, 3.05) is 5.32 Å². The largest absolute Gasteiger partial charge is 0.304 e. The molecule has 0 unspecified atom stereocenters. The predicted molar refractivity (Wildman–Crippen MR) is 103 cm³/mol. The highest BCUT2D eigenvalue weighted by atomic mass is 16.2. The molecule has 1 aliphatic carbocycles. The van der Waals surface area contributed by atoms with E-state index in [1.807, 2.05) is 43.4 Å². The van der Waals surface area contributed by atoms with Gasteiger partial charge in [-0.2, -0.15) is 5.10 Å². The van der Waals surface area contributed by atoms with Crippen LogP contribution < -0.4 is 5.32 Å². The Hall–Kier alpha value is -2.96. The van der Waals surface area contributed by atoms with Crippen molar-refractivity contribution in [3.8, 4) is 5.69 Å². The Morgan fingerprint density at radius 1 is 1.22 bits per heavy atom. The fraction of sp³-hybridized carbons (Fsp3) is 0.400. The van der Waals surface area contributed by atoms with Crippen LogP contribution in [0.1, 0.15) is 54.7 Å². The van der Waals surface area contributed by atoms with E-state index in [4.69, 9.17) is 0 Å². The minimum absolute atomic E-state index is 0.187. The van der Waals surface area contributed by atoms with Crippen molar-refractivity contribution in [2.45, 2.75) is 39.0 Å². The van der Waals surface area contributed by atoms with Gasteiger partial charge in [-0.15, -0.1) is 5.10 Å². The lowest BCUT2D eigenvalue weighted by Crippen LogP contribution is -2.16. The summed E-state index contributed by atoms with van der Waals surface area (Å²) in [6.45, 7) is 4.29. The van der Waals surface area contributed by atoms with Crippen molar-refractivity contribution < 1.29 is 4.79 Å². The van der Waals surface area contributed by atoms with E-state index < -0.39 is 0 Å². The monoisotopic (exact) mass is 364 g/mol. The maximum atomic E-state index is 12.7. The van der Waals surface area contributed by atoms with E-state index in [1.165, 1.54) is 0 Å². The minimum Gasteiger partial charge on any atom is -0.304 e. The van der Waals surface area contributed by atoms with Crippen LogP contribution >= 0.6 is 0 Å². The number of amides is 1. The molecule has 0 spiro atoms. The van der Waals surface area contributed by atoms with Crippen molar-refractivity contribution in [1.29, 1.82) is 0 Å². The molecule has 0 aliphatic heterocycles. The van der Waals surface area contributed by atoms with Crippen molar-refractivity contribution in [1.82, 2.24) is 24.5 Å². The molecule has 140 valence electrons. The topological polar surface area (TPSA) is 77.6 Å². The third kappa shape index (κ3) is 3.77. The van der Waals surface area contributed by atoms with Crippen LogP contribution in [0, 0.1) is 5.92 Å². The molecule has 3 aromatic rings. The first kappa shape index (κ1) is 17.5. The lowest BCUT2D eigenvalue weighted by atomic mass is 10.1. The number of anilines is 1. The summed E-state index contributed by atoms with van der Waals surface area (Å²) in [7, 11) is 1.82. The zero-order valence-electron chi connectivity index (χ0n) is 15.9. The zero-order chi connectivity index (χ0) is 19.0. The quantitative estimate of drug-likeness (QED) is 0.728. The van der Waals surface area contributed by atoms with Gasteiger partial charge in [-0.3, -0.25) is 9.48 Å². The van der Waals surface area contributed by atoms with Gasteiger partial charge in [0.15, 0.2) is 0 Å². The second kappa shape index (κ2) is 6.98. The number of rotatable bonds is 6. The van der Waals surface area contributed by atoms with Crippen LogP contribution in [0.4, 0.5) is 5.82 Å². The Morgan fingerprint density at radius 3 is 2.63 bits per heavy atom. The van der Waals surface area contributed by atoms with E-state index in [0.29, 0.717) is 17.7 Å². The lowest BCUT2D eigenvalue weighted by molar-refractivity contribution is 0.101. The third-order valence-electron chi connectivity index (χ3n) is 4.57. The zero-order valence-corrected chi connectivity index (χ0v) is 15.9. The number of nitrogens with zero attached hydrogens (tertiary/aromatic N) is 5. The van der Waals surface area contributed by atoms with Crippen molar-refractivity contribution in [2.24, 2.45) is 13.0 Å². The molecule has 1 amide bonds. The molecule has 1 aliphatic rings. The summed E-state index contributed by atoms with van der Waals surface area (Å²) in [5, 5.41) is 11.8. The smallest absolute Gasteiger partial charge is 0.296 e. The molecule has 1 saturated carbocycles. The highest BCUT2D eigenvalue weighted by molar-refractivity contribution is 6.01. The summed E-state index contributed by atoms with van der Waals surface area (Å²) in [4.78, 5) is 17.3. The fourth-order valence-electron chi connectivity index (χ4n) is 3.12. The van der Waals surface area contributed by atoms with Gasteiger partial charge in [0.2, 0.25) is 5.82 Å². The molecule has 1 aromatic carbocycles. The molecule has 7 nitrogen and oxygen atoms in total. The van der Waals surface area contributed by atoms with Gasteiger partial charge >= 0.3 is 0 Å². The molecule has 4 rings (SSSR count). The number of benzene rings is 1. The summed E-state index contributed by atoms with van der Waals surface area (Å²) < 4.78 is 3.48. The average Bonchev–Trinajstić information content (AvgIpc) is 3.29. The lowest BCUT2D eigenvalue weighted by Gasteiger charge is -2.03. The summed E-state index contributed by atoms with van der Waals surface area (Å²) >= 11 is 0. The van der Waals surface area contributed by atoms with Crippen LogP contribution in [0.15, 0.2) is 36.4 Å². The van der Waals surface area contributed by atoms with Crippen LogP contribution in [0.5, 0.6) is 0 Å². The van der Waals surface area contributed by atoms with Gasteiger partial charge in [0.1, 0.15) is 11.6 Å². The van der Waals surface area contributed by atoms with E-state index in [9.17, 15) is 4.79 Å². The van der Waals surface area contributed by atoms with Gasteiger partial charge in [-0.25, -0.2) is 9.67 Å². The van der Waals surface area contributed by atoms with Gasteiger partial charge in [0.05, 0.1) is 11.4 Å². The second-order valence-corrected chi connectivity index (χ2v) is 7.51. The van der Waals surface area contributed by atoms with Crippen molar-refractivity contribution in [3.63, 3.8) is 0 Å². The van der Waals surface area contributed by atoms with Gasteiger partial charge in [-0.1, -0.05) is 32.0 Å². The Balaban J connectivity index is 1.59. The first-order valence-electron chi connectivity index (χ1n) is 9.38. The standard InChI is InChI=1S/C20H24N6O/c1-13(2)11-15-12-17(25(3)23-15)21-20(27)18-22-19(14-9-10-14)26(24-18)16-7-5-4-6-8-16/h4-8,12-14H,9-11H2,1-3H3,(H,21,27). The molecule has 27 heavy (non-hydrogen) atoms. The van der Waals surface area contributed by atoms with Gasteiger partial charge in [0, 0.05) is 19.0 Å². The number of aryl methyl sites for hydroxylation is 1. The first-order chi connectivity index (χ1) is 13.0. The number of hydrogen-bond donors (Lipinski definition) is 1. The van der Waals surface area contributed by atoms with Crippen LogP contribution in [-0.2, 0) is 13.5 Å². The normalized spacial score (nSPS) is 13.9. The second-order valence-electron chi connectivity index (χ2n) is 7.51. The van der Waals surface area contributed by atoms with Crippen LogP contribution in [-0.4, -0.2) is 30.5 Å². The molecule has 0 bridgehead atoms. The minimum atomic E-state index is -0.314. The van der Waals surface area contributed by atoms with Gasteiger partial charge in [-0.05, 0) is 37.3 Å². The number of para-hydroxylation sites is 1. The Morgan fingerprint density at radius 2 is 1.96 bits per heavy atom. The summed E-state index contributed by atoms with van der Waals surface area (Å²) in [6.07, 6.45) is 3.05. The van der Waals surface area contributed by atoms with E-state index >= 15 is 0 Å². The number of nitrogens with one attached hydrogen (secondary N) is 1. The molecular formula is C20H24N6O. The third-order valence-corrected chi connectivity index (χ3v) is 4.57. The highest BCUT2D eigenvalue weighted by Gasteiger charge is 2.31. The number of carbonyl (C=O) groups excluding carboxylic acids is 1. The molecule has 2 heterocycles. The molecule has 0 saturated heterocycles. The Labute approximate surface area is 158 Å². The van der Waals surface area contributed by atoms with Crippen LogP contribution in [0.2, 0.25) is 0 Å². The molecule has 2 aromatic heterocycles. The molecule has 0 radical (unpaired) electrons. The molecule has 1 N–H and O–H groups in total. The average molecular weight is 364 g/mol. The predicted octanol–water partition coefficient (Wildman–Crippen LogP) is 3.33. The van der Waals surface area contributed by atoms with Crippen molar-refractivity contribution in [3.05, 3.63) is 53.7 Å². The van der Waals surface area contributed by atoms with Crippen molar-refractivity contribution >= 4 is 11.7 Å². The SMILES string of the molecule is CC(C)Cc1cc(NC(=O)c2nc(C3CC3)n(-c3ccccc3)n2)n(C)n1. The van der Waals surface area contributed by atoms with Crippen LogP contribution in [0.3, 0.4) is 0 Å². The fourth-order valence-corrected chi connectivity index (χ4v) is 3.12. The molecule has 1 fully saturated rings. The summed E-state index contributed by atoms with van der Waals surface area (Å²) in [5.74, 6) is 2.27. The molecule has 7 heteroatoms. The molecular weight excluding hydrogens is 340 g/mol.